The van der Waals surface area contributed by atoms with Gasteiger partial charge in [-0.25, -0.2) is 0 Å². The van der Waals surface area contributed by atoms with E-state index in [0.29, 0.717) is 11.1 Å². The van der Waals surface area contributed by atoms with Gasteiger partial charge in [0.1, 0.15) is 17.8 Å². The van der Waals surface area contributed by atoms with E-state index < -0.39 is 17.6 Å². The Kier molecular flexibility index (Phi) is 4.28. The predicted octanol–water partition coefficient (Wildman–Crippen LogP) is 1.68. The fourth-order valence-electron chi connectivity index (χ4n) is 2.17. The van der Waals surface area contributed by atoms with Gasteiger partial charge in [-0.05, 0) is 31.5 Å². The highest BCUT2D eigenvalue weighted by molar-refractivity contribution is 5.94. The Morgan fingerprint density at radius 2 is 2.00 bits per heavy atom. The Morgan fingerprint density at radius 3 is 2.59 bits per heavy atom. The Hall–Kier alpha value is -3.07. The van der Waals surface area contributed by atoms with Crippen LogP contribution in [0.5, 0.6) is 5.88 Å². The lowest BCUT2D eigenvalue weighted by Crippen LogP contribution is -2.36. The molecule has 0 aliphatic carbocycles. The summed E-state index contributed by atoms with van der Waals surface area (Å²) < 4.78 is 0.979. The molecular formula is C16H15N3O3. The molecular weight excluding hydrogens is 282 g/mol. The highest BCUT2D eigenvalue weighted by Crippen LogP contribution is 2.20. The summed E-state index contributed by atoms with van der Waals surface area (Å²) in [6, 6.07) is 11.6. The third-order valence-electron chi connectivity index (χ3n) is 3.30. The third kappa shape index (κ3) is 2.83. The zero-order valence-electron chi connectivity index (χ0n) is 12.2. The fourth-order valence-corrected chi connectivity index (χ4v) is 2.17. The van der Waals surface area contributed by atoms with Crippen LogP contribution in [0.15, 0.2) is 41.2 Å². The van der Waals surface area contributed by atoms with E-state index >= 15 is 0 Å². The number of nitrogens with one attached hydrogen (secondary N) is 1. The van der Waals surface area contributed by atoms with Gasteiger partial charge in [0.05, 0.1) is 0 Å². The van der Waals surface area contributed by atoms with Crippen molar-refractivity contribution in [1.29, 1.82) is 5.26 Å². The van der Waals surface area contributed by atoms with Gasteiger partial charge in [0.15, 0.2) is 0 Å². The highest BCUT2D eigenvalue weighted by Gasteiger charge is 2.18. The number of rotatable bonds is 3. The molecule has 0 saturated carbocycles. The van der Waals surface area contributed by atoms with Crippen LogP contribution in [-0.2, 0) is 0 Å². The van der Waals surface area contributed by atoms with Gasteiger partial charge in [0, 0.05) is 11.6 Å². The van der Waals surface area contributed by atoms with E-state index in [4.69, 9.17) is 5.26 Å². The molecule has 0 saturated heterocycles. The topological polar surface area (TPSA) is 95.1 Å². The number of aryl methyl sites for hydroxylation is 1. The molecule has 6 heteroatoms. The maximum absolute atomic E-state index is 12.1. The van der Waals surface area contributed by atoms with Gasteiger partial charge in [-0.1, -0.05) is 18.2 Å². The number of amides is 1. The number of pyridine rings is 1. The molecule has 22 heavy (non-hydrogen) atoms. The van der Waals surface area contributed by atoms with Gasteiger partial charge in [-0.3, -0.25) is 14.2 Å². The molecule has 2 aromatic rings. The highest BCUT2D eigenvalue weighted by atomic mass is 16.3. The lowest BCUT2D eigenvalue weighted by atomic mass is 10.1. The molecule has 1 atom stereocenters. The number of benzene rings is 1. The summed E-state index contributed by atoms with van der Waals surface area (Å²) in [6.07, 6.45) is -0.798. The van der Waals surface area contributed by atoms with Gasteiger partial charge in [-0.15, -0.1) is 0 Å². The van der Waals surface area contributed by atoms with Crippen LogP contribution >= 0.6 is 0 Å². The first-order valence-electron chi connectivity index (χ1n) is 6.66. The van der Waals surface area contributed by atoms with Gasteiger partial charge in [0.2, 0.25) is 5.88 Å². The molecule has 6 nitrogen and oxygen atoms in total. The van der Waals surface area contributed by atoms with Crippen molar-refractivity contribution in [2.75, 3.05) is 0 Å². The Labute approximate surface area is 127 Å². The van der Waals surface area contributed by atoms with E-state index in [1.54, 1.807) is 44.2 Å². The number of aromatic nitrogens is 1. The predicted molar refractivity (Wildman–Crippen MR) is 80.4 cm³/mol. The largest absolute Gasteiger partial charge is 0.493 e. The number of carbonyl (C=O) groups excluding carboxylic acids is 1. The van der Waals surface area contributed by atoms with Crippen LogP contribution in [0.3, 0.4) is 0 Å². The zero-order valence-corrected chi connectivity index (χ0v) is 12.2. The minimum absolute atomic E-state index is 0.0143. The molecule has 112 valence electrons. The number of carbonyl (C=O) groups is 1. The van der Waals surface area contributed by atoms with Crippen molar-refractivity contribution < 1.29 is 9.90 Å². The van der Waals surface area contributed by atoms with E-state index in [2.05, 4.69) is 5.32 Å². The number of hydrogen-bond donors (Lipinski definition) is 2. The van der Waals surface area contributed by atoms with Crippen LogP contribution in [0.4, 0.5) is 0 Å². The van der Waals surface area contributed by atoms with Crippen molar-refractivity contribution in [2.45, 2.75) is 20.0 Å². The van der Waals surface area contributed by atoms with Crippen molar-refractivity contribution in [3.63, 3.8) is 0 Å². The summed E-state index contributed by atoms with van der Waals surface area (Å²) in [4.78, 5) is 24.1. The molecule has 0 bridgehead atoms. The van der Waals surface area contributed by atoms with Crippen LogP contribution in [0.2, 0.25) is 0 Å². The zero-order chi connectivity index (χ0) is 16.3. The average Bonchev–Trinajstić information content (AvgIpc) is 2.48. The lowest BCUT2D eigenvalue weighted by Gasteiger charge is -2.19. The second kappa shape index (κ2) is 6.14. The summed E-state index contributed by atoms with van der Waals surface area (Å²) in [5.41, 5.74) is 0.354. The monoisotopic (exact) mass is 297 g/mol. The molecule has 1 amide bonds. The molecule has 0 radical (unpaired) electrons. The number of nitriles is 1. The summed E-state index contributed by atoms with van der Waals surface area (Å²) in [5, 5.41) is 21.8. The minimum atomic E-state index is -0.798. The Balaban J connectivity index is 2.35. The van der Waals surface area contributed by atoms with E-state index in [1.807, 2.05) is 6.07 Å². The number of nitrogens with zero attached hydrogens (tertiary/aromatic N) is 2. The van der Waals surface area contributed by atoms with Gasteiger partial charge in [-0.2, -0.15) is 5.26 Å². The second-order valence-electron chi connectivity index (χ2n) is 4.86. The maximum Gasteiger partial charge on any atom is 0.255 e. The Bertz CT molecular complexity index is 804. The van der Waals surface area contributed by atoms with Crippen molar-refractivity contribution in [3.8, 4) is 11.9 Å². The van der Waals surface area contributed by atoms with Gasteiger partial charge < -0.3 is 10.4 Å². The van der Waals surface area contributed by atoms with E-state index in [-0.39, 0.29) is 11.5 Å². The van der Waals surface area contributed by atoms with E-state index in [0.717, 1.165) is 4.57 Å². The molecule has 1 aromatic carbocycles. The van der Waals surface area contributed by atoms with Crippen molar-refractivity contribution >= 4 is 5.91 Å². The van der Waals surface area contributed by atoms with Crippen LogP contribution in [0.1, 0.15) is 34.6 Å². The van der Waals surface area contributed by atoms with Crippen LogP contribution in [-0.4, -0.2) is 15.6 Å². The Morgan fingerprint density at radius 1 is 1.36 bits per heavy atom. The standard InChI is InChI=1S/C16H15N3O3/c1-10-8-14(20)19(16(22)13(10)9-17)11(2)18-15(21)12-6-4-3-5-7-12/h3-8,11,22H,1-2H3,(H,18,21). The smallest absolute Gasteiger partial charge is 0.255 e. The van der Waals surface area contributed by atoms with Crippen LogP contribution in [0.25, 0.3) is 0 Å². The third-order valence-corrected chi connectivity index (χ3v) is 3.30. The lowest BCUT2D eigenvalue weighted by molar-refractivity contribution is 0.0922. The minimum Gasteiger partial charge on any atom is -0.493 e. The summed E-state index contributed by atoms with van der Waals surface area (Å²) in [5.74, 6) is -0.827. The van der Waals surface area contributed by atoms with Crippen molar-refractivity contribution in [1.82, 2.24) is 9.88 Å². The number of aromatic hydroxyl groups is 1. The van der Waals surface area contributed by atoms with Gasteiger partial charge in [0.25, 0.3) is 11.5 Å². The summed E-state index contributed by atoms with van der Waals surface area (Å²) >= 11 is 0. The molecule has 1 heterocycles. The van der Waals surface area contributed by atoms with Gasteiger partial charge >= 0.3 is 0 Å². The fraction of sp³-hybridized carbons (Fsp3) is 0.188. The summed E-state index contributed by atoms with van der Waals surface area (Å²) in [6.45, 7) is 3.12. The molecule has 0 spiro atoms. The normalized spacial score (nSPS) is 11.5. The molecule has 0 aliphatic rings. The molecule has 1 unspecified atom stereocenters. The van der Waals surface area contributed by atoms with E-state index in [9.17, 15) is 14.7 Å². The summed E-state index contributed by atoms with van der Waals surface area (Å²) in [7, 11) is 0. The van der Waals surface area contributed by atoms with E-state index in [1.165, 1.54) is 6.07 Å². The maximum atomic E-state index is 12.1. The van der Waals surface area contributed by atoms with Crippen LogP contribution in [0, 0.1) is 18.3 Å². The SMILES string of the molecule is Cc1cc(=O)n(C(C)NC(=O)c2ccccc2)c(O)c1C#N. The first-order valence-corrected chi connectivity index (χ1v) is 6.66. The van der Waals surface area contributed by atoms with Crippen molar-refractivity contribution in [2.24, 2.45) is 0 Å². The molecule has 2 rings (SSSR count). The molecule has 2 N–H and O–H groups in total. The molecule has 0 aliphatic heterocycles. The molecule has 0 fully saturated rings. The first kappa shape index (κ1) is 15.3. The van der Waals surface area contributed by atoms with Crippen molar-refractivity contribution in [3.05, 3.63) is 63.4 Å². The first-order chi connectivity index (χ1) is 10.5. The molecule has 1 aromatic heterocycles. The van der Waals surface area contributed by atoms with Crippen LogP contribution < -0.4 is 10.9 Å². The quantitative estimate of drug-likeness (QED) is 0.901. The second-order valence-corrected chi connectivity index (χ2v) is 4.86. The number of hydrogen-bond acceptors (Lipinski definition) is 4. The average molecular weight is 297 g/mol.